The minimum Gasteiger partial charge on any atom is -0.465 e. The second-order valence-electron chi connectivity index (χ2n) is 5.12. The van der Waals surface area contributed by atoms with Crippen molar-refractivity contribution < 1.29 is 19.4 Å². The molecule has 1 aromatic rings. The highest BCUT2D eigenvalue weighted by molar-refractivity contribution is 6.31. The van der Waals surface area contributed by atoms with Crippen LogP contribution in [0.3, 0.4) is 0 Å². The number of anilines is 1. The number of esters is 1. The van der Waals surface area contributed by atoms with E-state index in [1.165, 1.54) is 0 Å². The highest BCUT2D eigenvalue weighted by atomic mass is 35.5. The van der Waals surface area contributed by atoms with E-state index in [4.69, 9.17) is 21.4 Å². The van der Waals surface area contributed by atoms with Gasteiger partial charge in [0, 0.05) is 37.8 Å². The summed E-state index contributed by atoms with van der Waals surface area (Å²) >= 11 is 6.24. The fraction of sp³-hybridized carbons (Fsp3) is 0.500. The van der Waals surface area contributed by atoms with Gasteiger partial charge in [-0.15, -0.1) is 0 Å². The van der Waals surface area contributed by atoms with Crippen LogP contribution in [0.15, 0.2) is 18.2 Å². The molecule has 0 heterocycles. The molecule has 22 heavy (non-hydrogen) atoms. The smallest absolute Gasteiger partial charge is 0.316 e. The van der Waals surface area contributed by atoms with Crippen molar-refractivity contribution in [2.75, 3.05) is 32.2 Å². The third-order valence-electron chi connectivity index (χ3n) is 3.30. The molecule has 1 aromatic carbocycles. The Morgan fingerprint density at radius 3 is 2.55 bits per heavy atom. The molecule has 1 N–H and O–H groups in total. The Labute approximate surface area is 135 Å². The van der Waals surface area contributed by atoms with E-state index in [2.05, 4.69) is 0 Å². The molecule has 0 spiro atoms. The lowest BCUT2D eigenvalue weighted by molar-refractivity contribution is -0.151. The lowest BCUT2D eigenvalue weighted by atomic mass is 9.93. The number of nitrogens with zero attached hydrogens (tertiary/aromatic N) is 1. The molecule has 0 radical (unpaired) electrons. The molecular formula is C16H22ClNO4. The van der Waals surface area contributed by atoms with Gasteiger partial charge in [-0.2, -0.15) is 0 Å². The number of ether oxygens (including phenoxy) is 1. The van der Waals surface area contributed by atoms with Crippen LogP contribution in [-0.4, -0.2) is 44.2 Å². The van der Waals surface area contributed by atoms with Gasteiger partial charge in [0.15, 0.2) is 0 Å². The molecule has 1 atom stereocenters. The molecule has 0 aliphatic rings. The molecule has 1 unspecified atom stereocenters. The van der Waals surface area contributed by atoms with E-state index in [1.807, 2.05) is 25.1 Å². The topological polar surface area (TPSA) is 66.8 Å². The van der Waals surface area contributed by atoms with Crippen LogP contribution < -0.4 is 4.90 Å². The maximum Gasteiger partial charge on any atom is 0.316 e. The number of aliphatic hydroxyl groups excluding tert-OH is 1. The summed E-state index contributed by atoms with van der Waals surface area (Å²) in [5.74, 6) is -1.85. The number of rotatable bonds is 8. The molecular weight excluding hydrogens is 306 g/mol. The number of hydrogen-bond acceptors (Lipinski definition) is 5. The Morgan fingerprint density at radius 1 is 1.36 bits per heavy atom. The Morgan fingerprint density at radius 2 is 2.05 bits per heavy atom. The van der Waals surface area contributed by atoms with Crippen molar-refractivity contribution in [1.29, 1.82) is 0 Å². The summed E-state index contributed by atoms with van der Waals surface area (Å²) in [6.45, 7) is 1.60. The van der Waals surface area contributed by atoms with Crippen LogP contribution in [0.4, 0.5) is 5.69 Å². The summed E-state index contributed by atoms with van der Waals surface area (Å²) in [5, 5.41) is 9.41. The predicted molar refractivity (Wildman–Crippen MR) is 86.3 cm³/mol. The fourth-order valence-electron chi connectivity index (χ4n) is 2.06. The number of hydrogen-bond donors (Lipinski definition) is 1. The molecule has 1 rings (SSSR count). The predicted octanol–water partition coefficient (Wildman–Crippen LogP) is 2.08. The van der Waals surface area contributed by atoms with Gasteiger partial charge in [-0.3, -0.25) is 9.59 Å². The zero-order chi connectivity index (χ0) is 16.7. The minimum absolute atomic E-state index is 0.0725. The van der Waals surface area contributed by atoms with Crippen molar-refractivity contribution in [3.63, 3.8) is 0 Å². The van der Waals surface area contributed by atoms with Crippen LogP contribution in [0.25, 0.3) is 0 Å². The van der Waals surface area contributed by atoms with Gasteiger partial charge in [-0.25, -0.2) is 0 Å². The SMILES string of the molecule is CCOC(=O)C(Cc1ccc(N(C)C)cc1Cl)C(=O)CCO. The third kappa shape index (κ3) is 5.00. The van der Waals surface area contributed by atoms with Gasteiger partial charge in [-0.05, 0) is 31.0 Å². The highest BCUT2D eigenvalue weighted by Gasteiger charge is 2.28. The van der Waals surface area contributed by atoms with Crippen LogP contribution in [0.2, 0.25) is 5.02 Å². The average molecular weight is 328 g/mol. The second-order valence-corrected chi connectivity index (χ2v) is 5.53. The second kappa shape index (κ2) is 8.76. The van der Waals surface area contributed by atoms with Crippen LogP contribution in [0.1, 0.15) is 18.9 Å². The van der Waals surface area contributed by atoms with Gasteiger partial charge >= 0.3 is 5.97 Å². The van der Waals surface area contributed by atoms with Crippen molar-refractivity contribution in [3.05, 3.63) is 28.8 Å². The summed E-state index contributed by atoms with van der Waals surface area (Å²) in [4.78, 5) is 25.9. The molecule has 0 aliphatic carbocycles. The summed E-state index contributed by atoms with van der Waals surface area (Å²) < 4.78 is 4.95. The minimum atomic E-state index is -0.935. The van der Waals surface area contributed by atoms with Crippen molar-refractivity contribution >= 4 is 29.0 Å². The molecule has 0 saturated carbocycles. The van der Waals surface area contributed by atoms with E-state index in [9.17, 15) is 9.59 Å². The first-order chi connectivity index (χ1) is 10.4. The number of Topliss-reactive ketones (excluding diaryl/α,β-unsaturated/α-hetero) is 1. The summed E-state index contributed by atoms with van der Waals surface area (Å²) in [5.41, 5.74) is 1.64. The van der Waals surface area contributed by atoms with Gasteiger partial charge in [0.1, 0.15) is 11.7 Å². The monoisotopic (exact) mass is 327 g/mol. The van der Waals surface area contributed by atoms with E-state index in [-0.39, 0.29) is 31.8 Å². The number of carbonyl (C=O) groups is 2. The molecule has 0 aromatic heterocycles. The van der Waals surface area contributed by atoms with Gasteiger partial charge in [-0.1, -0.05) is 17.7 Å². The zero-order valence-electron chi connectivity index (χ0n) is 13.1. The normalized spacial score (nSPS) is 11.9. The van der Waals surface area contributed by atoms with E-state index < -0.39 is 11.9 Å². The van der Waals surface area contributed by atoms with Crippen molar-refractivity contribution in [3.8, 4) is 0 Å². The van der Waals surface area contributed by atoms with Crippen LogP contribution in [0.5, 0.6) is 0 Å². The number of halogens is 1. The third-order valence-corrected chi connectivity index (χ3v) is 3.65. The first kappa shape index (κ1) is 18.5. The summed E-state index contributed by atoms with van der Waals surface area (Å²) in [7, 11) is 3.80. The highest BCUT2D eigenvalue weighted by Crippen LogP contribution is 2.25. The number of benzene rings is 1. The lowest BCUT2D eigenvalue weighted by Crippen LogP contribution is -2.29. The van der Waals surface area contributed by atoms with E-state index >= 15 is 0 Å². The van der Waals surface area contributed by atoms with Gasteiger partial charge in [0.2, 0.25) is 0 Å². The fourth-order valence-corrected chi connectivity index (χ4v) is 2.31. The maximum absolute atomic E-state index is 12.0. The van der Waals surface area contributed by atoms with Crippen LogP contribution >= 0.6 is 11.6 Å². The van der Waals surface area contributed by atoms with E-state index in [0.717, 1.165) is 5.69 Å². The van der Waals surface area contributed by atoms with Crippen molar-refractivity contribution in [2.24, 2.45) is 5.92 Å². The van der Waals surface area contributed by atoms with Gasteiger partial charge in [0.25, 0.3) is 0 Å². The Balaban J connectivity index is 2.98. The average Bonchev–Trinajstić information content (AvgIpc) is 2.46. The zero-order valence-corrected chi connectivity index (χ0v) is 13.9. The molecule has 0 amide bonds. The maximum atomic E-state index is 12.0. The summed E-state index contributed by atoms with van der Waals surface area (Å²) in [6, 6.07) is 5.46. The first-order valence-corrected chi connectivity index (χ1v) is 7.54. The van der Waals surface area contributed by atoms with Crippen LogP contribution in [0, 0.1) is 5.92 Å². The first-order valence-electron chi connectivity index (χ1n) is 7.16. The lowest BCUT2D eigenvalue weighted by Gasteiger charge is -2.17. The molecule has 0 saturated heterocycles. The Bertz CT molecular complexity index is 513. The standard InChI is InChI=1S/C16H22ClNO4/c1-4-22-16(21)13(15(20)7-8-19)9-11-5-6-12(18(2)3)10-14(11)17/h5-6,10,13,19H,4,7-9H2,1-3H3. The quantitative estimate of drug-likeness (QED) is 0.585. The molecule has 0 bridgehead atoms. The van der Waals surface area contributed by atoms with Crippen LogP contribution in [-0.2, 0) is 20.7 Å². The number of carbonyl (C=O) groups excluding carboxylic acids is 2. The van der Waals surface area contributed by atoms with Gasteiger partial charge < -0.3 is 14.7 Å². The van der Waals surface area contributed by atoms with Crippen molar-refractivity contribution in [1.82, 2.24) is 0 Å². The number of ketones is 1. The molecule has 122 valence electrons. The summed E-state index contributed by atoms with van der Waals surface area (Å²) in [6.07, 6.45) is 0.0983. The molecule has 5 nitrogen and oxygen atoms in total. The largest absolute Gasteiger partial charge is 0.465 e. The Kier molecular flexibility index (Phi) is 7.35. The molecule has 0 aliphatic heterocycles. The molecule has 6 heteroatoms. The van der Waals surface area contributed by atoms with Gasteiger partial charge in [0.05, 0.1) is 6.61 Å². The van der Waals surface area contributed by atoms with E-state index in [0.29, 0.717) is 10.6 Å². The molecule has 0 fully saturated rings. The Hall–Kier alpha value is -1.59. The number of aliphatic hydroxyl groups is 1. The van der Waals surface area contributed by atoms with Crippen molar-refractivity contribution in [2.45, 2.75) is 19.8 Å². The van der Waals surface area contributed by atoms with E-state index in [1.54, 1.807) is 19.1 Å².